The zero-order chi connectivity index (χ0) is 18.4. The molecule has 2 rings (SSSR count). The van der Waals surface area contributed by atoms with Crippen LogP contribution < -0.4 is 0 Å². The molecular formula is C18H23FN2O4. The van der Waals surface area contributed by atoms with Crippen LogP contribution in [0.25, 0.3) is 0 Å². The summed E-state index contributed by atoms with van der Waals surface area (Å²) in [6.45, 7) is 2.73. The minimum atomic E-state index is -0.451. The van der Waals surface area contributed by atoms with E-state index in [-0.39, 0.29) is 30.9 Å². The molecule has 136 valence electrons. The summed E-state index contributed by atoms with van der Waals surface area (Å²) in [4.78, 5) is 39.5. The maximum atomic E-state index is 13.0. The van der Waals surface area contributed by atoms with Gasteiger partial charge < -0.3 is 14.5 Å². The SMILES string of the molecule is CCOC(=O)CN(C)C(=O)C1CCCN(C(=O)c2ccc(F)cc2)C1. The number of rotatable bonds is 5. The van der Waals surface area contributed by atoms with Gasteiger partial charge in [0.2, 0.25) is 5.91 Å². The van der Waals surface area contributed by atoms with E-state index in [1.54, 1.807) is 18.9 Å². The molecule has 1 fully saturated rings. The molecule has 0 saturated carbocycles. The van der Waals surface area contributed by atoms with Gasteiger partial charge >= 0.3 is 5.97 Å². The number of ether oxygens (including phenoxy) is 1. The van der Waals surface area contributed by atoms with Gasteiger partial charge in [-0.15, -0.1) is 0 Å². The van der Waals surface area contributed by atoms with Crippen LogP contribution in [0.1, 0.15) is 30.1 Å². The van der Waals surface area contributed by atoms with Gasteiger partial charge in [0.05, 0.1) is 12.5 Å². The number of likely N-dealkylation sites (tertiary alicyclic amines) is 1. The van der Waals surface area contributed by atoms with Crippen LogP contribution in [-0.4, -0.2) is 60.9 Å². The van der Waals surface area contributed by atoms with Crippen LogP contribution in [0.3, 0.4) is 0 Å². The zero-order valence-corrected chi connectivity index (χ0v) is 14.5. The van der Waals surface area contributed by atoms with Gasteiger partial charge in [-0.25, -0.2) is 4.39 Å². The lowest BCUT2D eigenvalue weighted by atomic mass is 9.96. The van der Waals surface area contributed by atoms with Crippen molar-refractivity contribution in [1.29, 1.82) is 0 Å². The van der Waals surface area contributed by atoms with Gasteiger partial charge in [-0.3, -0.25) is 14.4 Å². The van der Waals surface area contributed by atoms with E-state index < -0.39 is 11.8 Å². The molecular weight excluding hydrogens is 327 g/mol. The summed E-state index contributed by atoms with van der Waals surface area (Å²) < 4.78 is 17.8. The molecule has 0 aromatic heterocycles. The molecule has 1 unspecified atom stereocenters. The van der Waals surface area contributed by atoms with Gasteiger partial charge in [-0.05, 0) is 44.0 Å². The maximum absolute atomic E-state index is 13.0. The Bertz CT molecular complexity index is 632. The van der Waals surface area contributed by atoms with Crippen molar-refractivity contribution in [3.8, 4) is 0 Å². The van der Waals surface area contributed by atoms with Crippen molar-refractivity contribution >= 4 is 17.8 Å². The third-order valence-corrected chi connectivity index (χ3v) is 4.20. The summed E-state index contributed by atoms with van der Waals surface area (Å²) in [5.74, 6) is -1.59. The highest BCUT2D eigenvalue weighted by atomic mass is 19.1. The lowest BCUT2D eigenvalue weighted by Crippen LogP contribution is -2.46. The third kappa shape index (κ3) is 5.01. The number of amides is 2. The van der Waals surface area contributed by atoms with Gasteiger partial charge in [-0.1, -0.05) is 0 Å². The standard InChI is InChI=1S/C18H23FN2O4/c1-3-25-16(22)12-20(2)17(23)14-5-4-10-21(11-14)18(24)13-6-8-15(19)9-7-13/h6-9,14H,3-5,10-12H2,1-2H3. The first-order valence-electron chi connectivity index (χ1n) is 8.37. The zero-order valence-electron chi connectivity index (χ0n) is 14.5. The van der Waals surface area contributed by atoms with Crippen LogP contribution in [0.5, 0.6) is 0 Å². The van der Waals surface area contributed by atoms with Gasteiger partial charge in [0, 0.05) is 25.7 Å². The lowest BCUT2D eigenvalue weighted by Gasteiger charge is -2.33. The fourth-order valence-corrected chi connectivity index (χ4v) is 2.93. The van der Waals surface area contributed by atoms with Crippen molar-refractivity contribution in [2.75, 3.05) is 33.3 Å². The van der Waals surface area contributed by atoms with Crippen LogP contribution in [-0.2, 0) is 14.3 Å². The van der Waals surface area contributed by atoms with E-state index in [4.69, 9.17) is 4.74 Å². The second-order valence-corrected chi connectivity index (χ2v) is 6.10. The van der Waals surface area contributed by atoms with E-state index in [0.717, 1.165) is 0 Å². The molecule has 6 nitrogen and oxygen atoms in total. The highest BCUT2D eigenvalue weighted by molar-refractivity contribution is 5.94. The molecule has 1 aliphatic rings. The molecule has 1 aliphatic heterocycles. The first-order chi connectivity index (χ1) is 11.9. The number of benzene rings is 1. The van der Waals surface area contributed by atoms with E-state index in [2.05, 4.69) is 0 Å². The number of carbonyl (C=O) groups is 3. The fourth-order valence-electron chi connectivity index (χ4n) is 2.93. The van der Waals surface area contributed by atoms with Crippen LogP contribution >= 0.6 is 0 Å². The van der Waals surface area contributed by atoms with Crippen molar-refractivity contribution < 1.29 is 23.5 Å². The van der Waals surface area contributed by atoms with E-state index in [1.807, 2.05) is 0 Å². The molecule has 1 heterocycles. The summed E-state index contributed by atoms with van der Waals surface area (Å²) in [6.07, 6.45) is 1.37. The summed E-state index contributed by atoms with van der Waals surface area (Å²) in [5.41, 5.74) is 0.398. The Kier molecular flexibility index (Phi) is 6.50. The lowest BCUT2D eigenvalue weighted by molar-refractivity contribution is -0.149. The van der Waals surface area contributed by atoms with Crippen molar-refractivity contribution in [2.45, 2.75) is 19.8 Å². The number of nitrogens with zero attached hydrogens (tertiary/aromatic N) is 2. The Morgan fingerprint density at radius 3 is 2.60 bits per heavy atom. The van der Waals surface area contributed by atoms with Gasteiger partial charge in [0.25, 0.3) is 5.91 Å². The molecule has 1 atom stereocenters. The number of halogens is 1. The third-order valence-electron chi connectivity index (χ3n) is 4.20. The second-order valence-electron chi connectivity index (χ2n) is 6.10. The Morgan fingerprint density at radius 1 is 1.28 bits per heavy atom. The van der Waals surface area contributed by atoms with Crippen LogP contribution in [0, 0.1) is 11.7 Å². The molecule has 2 amide bonds. The van der Waals surface area contributed by atoms with E-state index in [1.165, 1.54) is 29.2 Å². The Hall–Kier alpha value is -2.44. The topological polar surface area (TPSA) is 66.9 Å². The first-order valence-corrected chi connectivity index (χ1v) is 8.37. The average Bonchev–Trinajstić information content (AvgIpc) is 2.61. The number of esters is 1. The Labute approximate surface area is 146 Å². The Morgan fingerprint density at radius 2 is 1.96 bits per heavy atom. The summed E-state index contributed by atoms with van der Waals surface area (Å²) in [7, 11) is 1.56. The molecule has 0 bridgehead atoms. The van der Waals surface area contributed by atoms with Crippen molar-refractivity contribution in [3.63, 3.8) is 0 Å². The maximum Gasteiger partial charge on any atom is 0.325 e. The Balaban J connectivity index is 1.97. The first kappa shape index (κ1) is 18.9. The van der Waals surface area contributed by atoms with E-state index in [9.17, 15) is 18.8 Å². The number of hydrogen-bond donors (Lipinski definition) is 0. The molecule has 25 heavy (non-hydrogen) atoms. The number of hydrogen-bond acceptors (Lipinski definition) is 4. The number of carbonyl (C=O) groups excluding carboxylic acids is 3. The van der Waals surface area contributed by atoms with Crippen molar-refractivity contribution in [2.24, 2.45) is 5.92 Å². The van der Waals surface area contributed by atoms with Crippen LogP contribution in [0.2, 0.25) is 0 Å². The monoisotopic (exact) mass is 350 g/mol. The predicted molar refractivity (Wildman–Crippen MR) is 89.3 cm³/mol. The fraction of sp³-hybridized carbons (Fsp3) is 0.500. The van der Waals surface area contributed by atoms with E-state index in [0.29, 0.717) is 31.5 Å². The molecule has 1 aromatic carbocycles. The highest BCUT2D eigenvalue weighted by Crippen LogP contribution is 2.20. The van der Waals surface area contributed by atoms with Crippen molar-refractivity contribution in [1.82, 2.24) is 9.80 Å². The van der Waals surface area contributed by atoms with Crippen molar-refractivity contribution in [3.05, 3.63) is 35.6 Å². The minimum Gasteiger partial charge on any atom is -0.465 e. The number of likely N-dealkylation sites (N-methyl/N-ethyl adjacent to an activating group) is 1. The molecule has 0 radical (unpaired) electrons. The van der Waals surface area contributed by atoms with Crippen LogP contribution in [0.15, 0.2) is 24.3 Å². The summed E-state index contributed by atoms with van der Waals surface area (Å²) in [5, 5.41) is 0. The highest BCUT2D eigenvalue weighted by Gasteiger charge is 2.31. The predicted octanol–water partition coefficient (Wildman–Crippen LogP) is 1.70. The molecule has 0 N–H and O–H groups in total. The summed E-state index contributed by atoms with van der Waals surface area (Å²) in [6, 6.07) is 5.37. The van der Waals surface area contributed by atoms with Gasteiger partial charge in [0.15, 0.2) is 0 Å². The summed E-state index contributed by atoms with van der Waals surface area (Å²) >= 11 is 0. The average molecular weight is 350 g/mol. The largest absolute Gasteiger partial charge is 0.465 e. The van der Waals surface area contributed by atoms with Gasteiger partial charge in [0.1, 0.15) is 12.4 Å². The molecule has 1 saturated heterocycles. The van der Waals surface area contributed by atoms with E-state index >= 15 is 0 Å². The number of piperidine rings is 1. The van der Waals surface area contributed by atoms with Crippen LogP contribution in [0.4, 0.5) is 4.39 Å². The smallest absolute Gasteiger partial charge is 0.325 e. The normalized spacial score (nSPS) is 17.1. The molecule has 1 aromatic rings. The minimum absolute atomic E-state index is 0.102. The van der Waals surface area contributed by atoms with Gasteiger partial charge in [-0.2, -0.15) is 0 Å². The molecule has 0 aliphatic carbocycles. The molecule has 7 heteroatoms. The molecule has 0 spiro atoms. The second kappa shape index (κ2) is 8.60. The quantitative estimate of drug-likeness (QED) is 0.758.